The van der Waals surface area contributed by atoms with Crippen LogP contribution in [0.25, 0.3) is 11.0 Å². The molecule has 5 heteroatoms. The number of H-pyrrole nitrogens is 1. The maximum Gasteiger partial charge on any atom is 0.119 e. The molecule has 5 nitrogen and oxygen atoms in total. The first-order valence-corrected chi connectivity index (χ1v) is 9.92. The molecule has 2 bridgehead atoms. The van der Waals surface area contributed by atoms with Crippen LogP contribution in [0.5, 0.6) is 0 Å². The second-order valence-electron chi connectivity index (χ2n) is 8.00. The molecule has 1 aliphatic heterocycles. The average Bonchev–Trinajstić information content (AvgIpc) is 3.17. The van der Waals surface area contributed by atoms with Crippen molar-refractivity contribution in [2.45, 2.75) is 31.4 Å². The number of nitrogens with zero attached hydrogens (tertiary/aromatic N) is 3. The Kier molecular flexibility index (Phi) is 4.21. The third-order valence-corrected chi connectivity index (χ3v) is 6.63. The van der Waals surface area contributed by atoms with Crippen molar-refractivity contribution < 1.29 is 4.74 Å². The van der Waals surface area contributed by atoms with Gasteiger partial charge in [0.25, 0.3) is 0 Å². The van der Waals surface area contributed by atoms with Crippen LogP contribution < -0.4 is 0 Å². The van der Waals surface area contributed by atoms with Crippen molar-refractivity contribution in [3.63, 3.8) is 0 Å². The summed E-state index contributed by atoms with van der Waals surface area (Å²) in [7, 11) is 1.89. The van der Waals surface area contributed by atoms with Gasteiger partial charge in [-0.3, -0.25) is 4.90 Å². The van der Waals surface area contributed by atoms with Gasteiger partial charge in [-0.1, -0.05) is 48.9 Å². The van der Waals surface area contributed by atoms with E-state index in [2.05, 4.69) is 62.8 Å². The molecule has 2 aromatic carbocycles. The van der Waals surface area contributed by atoms with E-state index < -0.39 is 0 Å². The first kappa shape index (κ1) is 16.9. The average molecular weight is 362 g/mol. The summed E-state index contributed by atoms with van der Waals surface area (Å²) in [5.41, 5.74) is 4.23. The molecule has 0 spiro atoms. The molecule has 2 atom stereocenters. The van der Waals surface area contributed by atoms with Crippen molar-refractivity contribution in [3.05, 3.63) is 59.7 Å². The van der Waals surface area contributed by atoms with E-state index >= 15 is 0 Å². The fraction of sp³-hybridized carbons (Fsp3) is 0.455. The number of benzene rings is 2. The monoisotopic (exact) mass is 362 g/mol. The molecule has 140 valence electrons. The Balaban J connectivity index is 1.52. The van der Waals surface area contributed by atoms with Gasteiger partial charge >= 0.3 is 0 Å². The summed E-state index contributed by atoms with van der Waals surface area (Å²) in [5.74, 6) is 0.946. The fourth-order valence-corrected chi connectivity index (χ4v) is 5.56. The summed E-state index contributed by atoms with van der Waals surface area (Å²) in [4.78, 5) is 2.62. The highest BCUT2D eigenvalue weighted by Crippen LogP contribution is 2.52. The van der Waals surface area contributed by atoms with Gasteiger partial charge in [0.1, 0.15) is 16.6 Å². The van der Waals surface area contributed by atoms with Gasteiger partial charge < -0.3 is 4.74 Å². The zero-order valence-electron chi connectivity index (χ0n) is 15.8. The number of piperidine rings is 1. The van der Waals surface area contributed by atoms with E-state index in [1.165, 1.54) is 30.4 Å². The summed E-state index contributed by atoms with van der Waals surface area (Å²) >= 11 is 0. The molecule has 0 radical (unpaired) electrons. The molecule has 1 aliphatic carbocycles. The summed E-state index contributed by atoms with van der Waals surface area (Å²) in [6.45, 7) is 3.14. The number of ether oxygens (including phenoxy) is 1. The molecule has 1 aromatic heterocycles. The third kappa shape index (κ3) is 2.68. The van der Waals surface area contributed by atoms with E-state index in [1.807, 2.05) is 13.2 Å². The topological polar surface area (TPSA) is 54.0 Å². The van der Waals surface area contributed by atoms with E-state index in [0.717, 1.165) is 30.7 Å². The van der Waals surface area contributed by atoms with Gasteiger partial charge in [-0.05, 0) is 24.5 Å². The highest BCUT2D eigenvalue weighted by molar-refractivity contribution is 5.78. The molecule has 2 aliphatic rings. The molecule has 2 heterocycles. The molecular formula is C22H26N4O. The van der Waals surface area contributed by atoms with Crippen LogP contribution in [-0.4, -0.2) is 40.5 Å². The zero-order valence-corrected chi connectivity index (χ0v) is 15.8. The number of aromatic amines is 1. The molecule has 2 fully saturated rings. The number of nitrogens with one attached hydrogen (secondary N) is 1. The van der Waals surface area contributed by atoms with Crippen molar-refractivity contribution in [1.29, 1.82) is 0 Å². The zero-order chi connectivity index (χ0) is 18.3. The molecule has 0 amide bonds. The van der Waals surface area contributed by atoms with Gasteiger partial charge in [0.2, 0.25) is 0 Å². The van der Waals surface area contributed by atoms with Crippen LogP contribution in [0, 0.1) is 11.8 Å². The maximum atomic E-state index is 6.40. The lowest BCUT2D eigenvalue weighted by molar-refractivity contribution is -0.169. The van der Waals surface area contributed by atoms with Crippen LogP contribution in [0.3, 0.4) is 0 Å². The highest BCUT2D eigenvalue weighted by atomic mass is 16.5. The maximum absolute atomic E-state index is 6.40. The van der Waals surface area contributed by atoms with Gasteiger partial charge in [-0.2, -0.15) is 15.4 Å². The Bertz CT molecular complexity index is 908. The quantitative estimate of drug-likeness (QED) is 0.768. The lowest BCUT2D eigenvalue weighted by atomic mass is 9.62. The smallest absolute Gasteiger partial charge is 0.119 e. The van der Waals surface area contributed by atoms with Crippen LogP contribution in [0.2, 0.25) is 0 Å². The van der Waals surface area contributed by atoms with E-state index in [-0.39, 0.29) is 5.60 Å². The minimum absolute atomic E-state index is 0.262. The van der Waals surface area contributed by atoms with Crippen LogP contribution in [0.1, 0.15) is 30.4 Å². The number of fused-ring (bicyclic) bond motifs is 3. The summed E-state index contributed by atoms with van der Waals surface area (Å²) in [6, 6.07) is 17.1. The van der Waals surface area contributed by atoms with Crippen LogP contribution in [0.15, 0.2) is 48.5 Å². The molecule has 5 rings (SSSR count). The number of methoxy groups -OCH3 is 1. The number of hydrogen-bond donors (Lipinski definition) is 1. The number of aromatic nitrogens is 3. The van der Waals surface area contributed by atoms with Crippen molar-refractivity contribution in [1.82, 2.24) is 20.3 Å². The minimum Gasteiger partial charge on any atom is -0.373 e. The van der Waals surface area contributed by atoms with Crippen molar-refractivity contribution in [3.8, 4) is 0 Å². The molecule has 1 saturated carbocycles. The first-order chi connectivity index (χ1) is 13.3. The van der Waals surface area contributed by atoms with Gasteiger partial charge in [-0.15, -0.1) is 0 Å². The number of likely N-dealkylation sites (tertiary alicyclic amines) is 1. The van der Waals surface area contributed by atoms with Crippen LogP contribution >= 0.6 is 0 Å². The van der Waals surface area contributed by atoms with Gasteiger partial charge in [0.05, 0.1) is 0 Å². The molecule has 1 N–H and O–H groups in total. The van der Waals surface area contributed by atoms with Gasteiger partial charge in [0, 0.05) is 44.1 Å². The number of rotatable bonds is 4. The molecule has 1 saturated heterocycles. The Morgan fingerprint density at radius 2 is 1.81 bits per heavy atom. The predicted molar refractivity (Wildman–Crippen MR) is 105 cm³/mol. The SMILES string of the molecule is COC1(c2cccc3n[nH]nc23)C2CCCC1CN(Cc1ccccc1)C2. The molecule has 27 heavy (non-hydrogen) atoms. The molecular weight excluding hydrogens is 336 g/mol. The molecule has 2 unspecified atom stereocenters. The van der Waals surface area contributed by atoms with E-state index in [0.29, 0.717) is 11.8 Å². The Labute approximate surface area is 159 Å². The highest BCUT2D eigenvalue weighted by Gasteiger charge is 2.54. The first-order valence-electron chi connectivity index (χ1n) is 9.92. The standard InChI is InChI=1S/C22H26N4O/c1-27-22(19-11-6-12-20-21(19)24-25-23-20)17-9-5-10-18(22)15-26(14-17)13-16-7-3-2-4-8-16/h2-4,6-8,11-12,17-18H,5,9-10,13-15H2,1H3,(H,23,24,25). The van der Waals surface area contributed by atoms with Crippen molar-refractivity contribution in [2.24, 2.45) is 11.8 Å². The van der Waals surface area contributed by atoms with E-state index in [4.69, 9.17) is 4.74 Å². The Hall–Kier alpha value is -2.24. The fourth-order valence-electron chi connectivity index (χ4n) is 5.56. The van der Waals surface area contributed by atoms with Crippen LogP contribution in [0.4, 0.5) is 0 Å². The normalized spacial score (nSPS) is 28.5. The van der Waals surface area contributed by atoms with Crippen molar-refractivity contribution >= 4 is 11.0 Å². The van der Waals surface area contributed by atoms with Crippen LogP contribution in [-0.2, 0) is 16.9 Å². The number of para-hydroxylation sites is 1. The predicted octanol–water partition coefficient (Wildman–Crippen LogP) is 3.73. The van der Waals surface area contributed by atoms with Crippen molar-refractivity contribution in [2.75, 3.05) is 20.2 Å². The van der Waals surface area contributed by atoms with E-state index in [9.17, 15) is 0 Å². The number of hydrogen-bond acceptors (Lipinski definition) is 4. The third-order valence-electron chi connectivity index (χ3n) is 6.63. The minimum atomic E-state index is -0.262. The van der Waals surface area contributed by atoms with Gasteiger partial charge in [0.15, 0.2) is 0 Å². The lowest BCUT2D eigenvalue weighted by Gasteiger charge is -2.55. The largest absolute Gasteiger partial charge is 0.373 e. The summed E-state index contributed by atoms with van der Waals surface area (Å²) in [6.07, 6.45) is 3.68. The lowest BCUT2D eigenvalue weighted by Crippen LogP contribution is -2.58. The Morgan fingerprint density at radius 3 is 2.56 bits per heavy atom. The summed E-state index contributed by atoms with van der Waals surface area (Å²) in [5, 5.41) is 11.6. The molecule has 3 aromatic rings. The second-order valence-corrected chi connectivity index (χ2v) is 8.00. The Morgan fingerprint density at radius 1 is 1.04 bits per heavy atom. The summed E-state index contributed by atoms with van der Waals surface area (Å²) < 4.78 is 6.40. The van der Waals surface area contributed by atoms with Gasteiger partial charge in [-0.25, -0.2) is 0 Å². The van der Waals surface area contributed by atoms with E-state index in [1.54, 1.807) is 0 Å². The second kappa shape index (κ2) is 6.73.